The molecule has 3 heteroatoms. The molecule has 0 saturated heterocycles. The van der Waals surface area contributed by atoms with E-state index in [1.165, 1.54) is 0 Å². The minimum atomic E-state index is -1.22. The molecule has 0 unspecified atom stereocenters. The smallest absolute Gasteiger partial charge is 0.0809 e. The second kappa shape index (κ2) is 9.86. The number of para-hydroxylation sites is 1. The van der Waals surface area contributed by atoms with Crippen molar-refractivity contribution >= 4 is 22.6 Å². The zero-order valence-corrected chi connectivity index (χ0v) is 16.8. The summed E-state index contributed by atoms with van der Waals surface area (Å²) >= 11 is 0. The van der Waals surface area contributed by atoms with Gasteiger partial charge in [0.1, 0.15) is 0 Å². The molecule has 0 amide bonds. The zero-order chi connectivity index (χ0) is 19.8. The predicted molar refractivity (Wildman–Crippen MR) is 121 cm³/mol. The van der Waals surface area contributed by atoms with Gasteiger partial charge >= 0.3 is 0 Å². The van der Waals surface area contributed by atoms with E-state index in [0.29, 0.717) is 0 Å². The van der Waals surface area contributed by atoms with Gasteiger partial charge in [-0.1, -0.05) is 84.5 Å². The van der Waals surface area contributed by atoms with Gasteiger partial charge in [-0.2, -0.15) is 0 Å². The van der Waals surface area contributed by atoms with Gasteiger partial charge in [0.05, 0.1) is 22.1 Å². The van der Waals surface area contributed by atoms with E-state index >= 15 is 0 Å². The van der Waals surface area contributed by atoms with Crippen molar-refractivity contribution in [3.05, 3.63) is 115 Å². The van der Waals surface area contributed by atoms with Crippen LogP contribution in [0.5, 0.6) is 0 Å². The first-order chi connectivity index (χ1) is 13.7. The first kappa shape index (κ1) is 19.8. The van der Waals surface area contributed by atoms with Crippen LogP contribution in [-0.2, 0) is 10.8 Å². The van der Waals surface area contributed by atoms with Crippen LogP contribution in [0.3, 0.4) is 0 Å². The second-order valence-electron chi connectivity index (χ2n) is 6.62. The van der Waals surface area contributed by atoms with Crippen molar-refractivity contribution in [1.82, 2.24) is 0 Å². The maximum absolute atomic E-state index is 13.3. The number of hydrogen-bond donors (Lipinski definition) is 1. The Bertz CT molecular complexity index is 933. The Morgan fingerprint density at radius 2 is 1.50 bits per heavy atom. The zero-order valence-electron chi connectivity index (χ0n) is 16.0. The first-order valence-corrected chi connectivity index (χ1v) is 10.5. The van der Waals surface area contributed by atoms with Crippen molar-refractivity contribution in [3.8, 4) is 0 Å². The van der Waals surface area contributed by atoms with Gasteiger partial charge in [-0.3, -0.25) is 4.21 Å². The largest absolute Gasteiger partial charge is 0.377 e. The van der Waals surface area contributed by atoms with Crippen LogP contribution in [0.2, 0.25) is 0 Å². The molecular formula is C25H25NOS. The van der Waals surface area contributed by atoms with E-state index in [-0.39, 0.29) is 11.3 Å². The Labute approximate surface area is 170 Å². The lowest BCUT2D eigenvalue weighted by molar-refractivity contribution is 0.673. The van der Waals surface area contributed by atoms with Crippen molar-refractivity contribution in [2.45, 2.75) is 23.1 Å². The van der Waals surface area contributed by atoms with Crippen molar-refractivity contribution in [2.24, 2.45) is 0 Å². The Balaban J connectivity index is 1.90. The summed E-state index contributed by atoms with van der Waals surface area (Å²) in [5, 5.41) is 3.24. The normalized spacial score (nSPS) is 14.3. The van der Waals surface area contributed by atoms with Crippen molar-refractivity contribution in [3.63, 3.8) is 0 Å². The second-order valence-corrected chi connectivity index (χ2v) is 8.23. The summed E-state index contributed by atoms with van der Waals surface area (Å²) in [6.45, 7) is 6.00. The molecule has 142 valence electrons. The molecule has 0 saturated carbocycles. The van der Waals surface area contributed by atoms with Crippen LogP contribution in [0.1, 0.15) is 11.1 Å². The van der Waals surface area contributed by atoms with E-state index in [1.807, 2.05) is 79.7 Å². The van der Waals surface area contributed by atoms with Crippen LogP contribution in [0, 0.1) is 6.92 Å². The molecule has 0 aliphatic rings. The average Bonchev–Trinajstić information content (AvgIpc) is 2.74. The summed E-state index contributed by atoms with van der Waals surface area (Å²) in [6.07, 6.45) is 5.91. The molecule has 0 aliphatic heterocycles. The average molecular weight is 388 g/mol. The van der Waals surface area contributed by atoms with Crippen LogP contribution in [-0.4, -0.2) is 15.5 Å². The molecule has 28 heavy (non-hydrogen) atoms. The fourth-order valence-corrected chi connectivity index (χ4v) is 4.26. The van der Waals surface area contributed by atoms with Gasteiger partial charge < -0.3 is 5.32 Å². The Kier molecular flexibility index (Phi) is 6.99. The lowest BCUT2D eigenvalue weighted by Crippen LogP contribution is -2.33. The number of benzene rings is 3. The third kappa shape index (κ3) is 5.30. The molecule has 2 nitrogen and oxygen atoms in total. The highest BCUT2D eigenvalue weighted by molar-refractivity contribution is 7.86. The predicted octanol–water partition coefficient (Wildman–Crippen LogP) is 5.85. The Morgan fingerprint density at radius 1 is 0.893 bits per heavy atom. The number of nitrogens with one attached hydrogen (secondary N) is 1. The summed E-state index contributed by atoms with van der Waals surface area (Å²) in [4.78, 5) is 0.809. The fourth-order valence-electron chi connectivity index (χ4n) is 2.94. The van der Waals surface area contributed by atoms with E-state index < -0.39 is 10.8 Å². The highest BCUT2D eigenvalue weighted by Crippen LogP contribution is 2.20. The van der Waals surface area contributed by atoms with Gasteiger partial charge in [-0.05, 0) is 36.8 Å². The van der Waals surface area contributed by atoms with Gasteiger partial charge in [-0.15, -0.1) is 6.58 Å². The quantitative estimate of drug-likeness (QED) is 0.491. The summed E-state index contributed by atoms with van der Waals surface area (Å²) in [5.41, 5.74) is 3.24. The summed E-state index contributed by atoms with van der Waals surface area (Å²) in [6, 6.07) is 27.8. The number of hydrogen-bond acceptors (Lipinski definition) is 2. The van der Waals surface area contributed by atoms with Crippen molar-refractivity contribution in [1.29, 1.82) is 0 Å². The highest BCUT2D eigenvalue weighted by atomic mass is 32.2. The summed E-state index contributed by atoms with van der Waals surface area (Å²) in [7, 11) is -1.22. The Hall–Kier alpha value is -2.91. The molecule has 0 heterocycles. The molecule has 0 aliphatic carbocycles. The maximum Gasteiger partial charge on any atom is 0.0809 e. The fraction of sp³-hybridized carbons (Fsp3) is 0.120. The third-order valence-electron chi connectivity index (χ3n) is 4.49. The van der Waals surface area contributed by atoms with E-state index in [4.69, 9.17) is 0 Å². The number of anilines is 1. The van der Waals surface area contributed by atoms with Gasteiger partial charge in [-0.25, -0.2) is 0 Å². The van der Waals surface area contributed by atoms with Gasteiger partial charge in [0.15, 0.2) is 0 Å². The molecule has 1 N–H and O–H groups in total. The minimum Gasteiger partial charge on any atom is -0.377 e. The molecule has 0 aromatic heterocycles. The molecule has 3 aromatic carbocycles. The summed E-state index contributed by atoms with van der Waals surface area (Å²) in [5.74, 6) is 0. The molecule has 0 spiro atoms. The molecule has 3 aromatic rings. The lowest BCUT2D eigenvalue weighted by atomic mass is 10.1. The molecule has 0 fully saturated rings. The SMILES string of the molecule is C=C[C@@H]([C@H](/C=C\c1ccccc1)Nc1ccccc1)[S@@](=O)c1ccc(C)cc1. The highest BCUT2D eigenvalue weighted by Gasteiger charge is 2.23. The lowest BCUT2D eigenvalue weighted by Gasteiger charge is -2.24. The summed E-state index contributed by atoms with van der Waals surface area (Å²) < 4.78 is 13.3. The van der Waals surface area contributed by atoms with Crippen molar-refractivity contribution in [2.75, 3.05) is 5.32 Å². The number of rotatable bonds is 8. The monoisotopic (exact) mass is 387 g/mol. The van der Waals surface area contributed by atoms with E-state index in [9.17, 15) is 4.21 Å². The number of aryl methyl sites for hydroxylation is 1. The van der Waals surface area contributed by atoms with E-state index in [1.54, 1.807) is 6.08 Å². The van der Waals surface area contributed by atoms with E-state index in [0.717, 1.165) is 21.7 Å². The topological polar surface area (TPSA) is 29.1 Å². The first-order valence-electron chi connectivity index (χ1n) is 9.32. The standard InChI is InChI=1S/C25H25NOS/c1-3-25(28(27)23-17-14-20(2)15-18-23)24(26-22-12-8-5-9-13-22)19-16-21-10-6-4-7-11-21/h3-19,24-26H,1H2,2H3/b19-16-/t24-,25-,28-/m0/s1. The third-order valence-corrected chi connectivity index (χ3v) is 6.21. The molecular weight excluding hydrogens is 362 g/mol. The molecule has 0 radical (unpaired) electrons. The maximum atomic E-state index is 13.3. The van der Waals surface area contributed by atoms with E-state index in [2.05, 4.69) is 36.2 Å². The van der Waals surface area contributed by atoms with Crippen molar-refractivity contribution < 1.29 is 4.21 Å². The minimum absolute atomic E-state index is 0.165. The van der Waals surface area contributed by atoms with Crippen LogP contribution in [0.15, 0.2) is 109 Å². The molecule has 3 atom stereocenters. The van der Waals surface area contributed by atoms with Crippen LogP contribution < -0.4 is 5.32 Å². The van der Waals surface area contributed by atoms with Gasteiger partial charge in [0.2, 0.25) is 0 Å². The van der Waals surface area contributed by atoms with Crippen LogP contribution in [0.4, 0.5) is 5.69 Å². The molecule has 3 rings (SSSR count). The van der Waals surface area contributed by atoms with Crippen LogP contribution in [0.25, 0.3) is 6.08 Å². The van der Waals surface area contributed by atoms with Gasteiger partial charge in [0, 0.05) is 10.6 Å². The van der Waals surface area contributed by atoms with Gasteiger partial charge in [0.25, 0.3) is 0 Å². The van der Waals surface area contributed by atoms with Crippen LogP contribution >= 0.6 is 0 Å². The molecule has 0 bridgehead atoms. The Morgan fingerprint density at radius 3 is 2.11 bits per heavy atom.